The fourth-order valence-corrected chi connectivity index (χ4v) is 2.47. The van der Waals surface area contributed by atoms with Crippen LogP contribution in [0, 0.1) is 0 Å². The van der Waals surface area contributed by atoms with Crippen LogP contribution in [0.4, 0.5) is 0 Å². The second-order valence-electron chi connectivity index (χ2n) is 5.27. The highest BCUT2D eigenvalue weighted by Gasteiger charge is 2.21. The van der Waals surface area contributed by atoms with E-state index < -0.39 is 0 Å². The van der Waals surface area contributed by atoms with Gasteiger partial charge in [0.15, 0.2) is 5.96 Å². The third kappa shape index (κ3) is 3.93. The number of methoxy groups -OCH3 is 1. The van der Waals surface area contributed by atoms with Crippen LogP contribution in [0.15, 0.2) is 29.8 Å². The summed E-state index contributed by atoms with van der Waals surface area (Å²) in [7, 11) is 1.69. The van der Waals surface area contributed by atoms with E-state index in [4.69, 9.17) is 9.47 Å². The third-order valence-corrected chi connectivity index (χ3v) is 3.46. The van der Waals surface area contributed by atoms with Gasteiger partial charge in [-0.15, -0.1) is 6.58 Å². The normalized spacial score (nSPS) is 16.7. The molecular weight excluding hydrogens is 278 g/mol. The Balaban J connectivity index is 2.17. The number of ether oxygens (including phenoxy) is 2. The molecule has 2 rings (SSSR count). The van der Waals surface area contributed by atoms with Crippen molar-refractivity contribution >= 4 is 5.96 Å². The summed E-state index contributed by atoms with van der Waals surface area (Å²) < 4.78 is 11.3. The molecule has 1 aliphatic heterocycles. The van der Waals surface area contributed by atoms with Crippen molar-refractivity contribution in [2.24, 2.45) is 4.99 Å². The van der Waals surface area contributed by atoms with E-state index in [1.807, 2.05) is 13.0 Å². The summed E-state index contributed by atoms with van der Waals surface area (Å²) in [6.07, 6.45) is 2.96. The van der Waals surface area contributed by atoms with Crippen molar-refractivity contribution < 1.29 is 9.47 Å². The summed E-state index contributed by atoms with van der Waals surface area (Å²) in [5.41, 5.74) is 2.22. The van der Waals surface area contributed by atoms with Gasteiger partial charge in [0.25, 0.3) is 0 Å². The molecule has 0 aromatic heterocycles. The molecule has 120 valence electrons. The SMILES string of the molecule is C=CCNC(=NCc1cc2c(cc1OC)CC(C)O2)NCC. The Bertz CT molecular complexity index is 555. The third-order valence-electron chi connectivity index (χ3n) is 3.46. The van der Waals surface area contributed by atoms with Crippen molar-refractivity contribution in [3.8, 4) is 11.5 Å². The van der Waals surface area contributed by atoms with E-state index in [1.165, 1.54) is 5.56 Å². The van der Waals surface area contributed by atoms with E-state index in [-0.39, 0.29) is 6.10 Å². The summed E-state index contributed by atoms with van der Waals surface area (Å²) in [5, 5.41) is 6.39. The Morgan fingerprint density at radius 1 is 1.50 bits per heavy atom. The molecule has 1 heterocycles. The Labute approximate surface area is 132 Å². The number of fused-ring (bicyclic) bond motifs is 1. The van der Waals surface area contributed by atoms with E-state index in [1.54, 1.807) is 13.2 Å². The molecule has 0 amide bonds. The zero-order valence-corrected chi connectivity index (χ0v) is 13.6. The first-order chi connectivity index (χ1) is 10.7. The predicted molar refractivity (Wildman–Crippen MR) is 89.8 cm³/mol. The zero-order chi connectivity index (χ0) is 15.9. The number of benzene rings is 1. The van der Waals surface area contributed by atoms with E-state index in [0.717, 1.165) is 36.0 Å². The molecule has 0 bridgehead atoms. The second-order valence-corrected chi connectivity index (χ2v) is 5.27. The number of hydrogen-bond acceptors (Lipinski definition) is 3. The largest absolute Gasteiger partial charge is 0.496 e. The van der Waals surface area contributed by atoms with Crippen molar-refractivity contribution in [1.82, 2.24) is 10.6 Å². The Morgan fingerprint density at radius 2 is 2.32 bits per heavy atom. The van der Waals surface area contributed by atoms with Gasteiger partial charge in [0, 0.05) is 30.6 Å². The van der Waals surface area contributed by atoms with Gasteiger partial charge in [0.1, 0.15) is 17.6 Å². The summed E-state index contributed by atoms with van der Waals surface area (Å²) in [4.78, 5) is 4.59. The number of nitrogens with one attached hydrogen (secondary N) is 2. The van der Waals surface area contributed by atoms with Crippen molar-refractivity contribution in [2.45, 2.75) is 32.9 Å². The van der Waals surface area contributed by atoms with Gasteiger partial charge in [-0.2, -0.15) is 0 Å². The maximum Gasteiger partial charge on any atom is 0.191 e. The van der Waals surface area contributed by atoms with Crippen molar-refractivity contribution in [1.29, 1.82) is 0 Å². The first-order valence-electron chi connectivity index (χ1n) is 7.67. The molecule has 22 heavy (non-hydrogen) atoms. The van der Waals surface area contributed by atoms with E-state index in [9.17, 15) is 0 Å². The molecular formula is C17H25N3O2. The first kappa shape index (κ1) is 16.2. The van der Waals surface area contributed by atoms with Crippen LogP contribution in [0.25, 0.3) is 0 Å². The number of guanidine groups is 1. The van der Waals surface area contributed by atoms with Gasteiger partial charge < -0.3 is 20.1 Å². The summed E-state index contributed by atoms with van der Waals surface area (Å²) in [6, 6.07) is 4.10. The fourth-order valence-electron chi connectivity index (χ4n) is 2.47. The van der Waals surface area contributed by atoms with Crippen LogP contribution in [0.2, 0.25) is 0 Å². The van der Waals surface area contributed by atoms with Crippen LogP contribution in [0.1, 0.15) is 25.0 Å². The highest BCUT2D eigenvalue weighted by molar-refractivity contribution is 5.79. The molecule has 0 radical (unpaired) electrons. The molecule has 1 unspecified atom stereocenters. The molecule has 5 nitrogen and oxygen atoms in total. The number of nitrogens with zero attached hydrogens (tertiary/aromatic N) is 1. The molecule has 0 fully saturated rings. The molecule has 1 atom stereocenters. The predicted octanol–water partition coefficient (Wildman–Crippen LogP) is 2.26. The van der Waals surface area contributed by atoms with Crippen molar-refractivity contribution in [3.05, 3.63) is 35.9 Å². The lowest BCUT2D eigenvalue weighted by molar-refractivity contribution is 0.254. The van der Waals surface area contributed by atoms with Gasteiger partial charge in [-0.05, 0) is 26.0 Å². The van der Waals surface area contributed by atoms with Crippen LogP contribution >= 0.6 is 0 Å². The standard InChI is InChI=1S/C17H25N3O2/c1-5-7-19-17(18-6-2)20-11-14-10-16-13(8-12(3)22-16)9-15(14)21-4/h5,9-10,12H,1,6-8,11H2,2-4H3,(H2,18,19,20). The van der Waals surface area contributed by atoms with Gasteiger partial charge in [-0.3, -0.25) is 0 Å². The molecule has 1 aromatic rings. The lowest BCUT2D eigenvalue weighted by Gasteiger charge is -2.12. The van der Waals surface area contributed by atoms with Crippen LogP contribution in [0.3, 0.4) is 0 Å². The van der Waals surface area contributed by atoms with Crippen molar-refractivity contribution in [2.75, 3.05) is 20.2 Å². The average Bonchev–Trinajstić information content (AvgIpc) is 2.87. The maximum absolute atomic E-state index is 5.82. The van der Waals surface area contributed by atoms with Gasteiger partial charge in [-0.25, -0.2) is 4.99 Å². The molecule has 0 aliphatic carbocycles. The Morgan fingerprint density at radius 3 is 3.00 bits per heavy atom. The van der Waals surface area contributed by atoms with Crippen LogP contribution in [0.5, 0.6) is 11.5 Å². The summed E-state index contributed by atoms with van der Waals surface area (Å²) in [6.45, 7) is 9.83. The van der Waals surface area contributed by atoms with E-state index in [0.29, 0.717) is 13.1 Å². The lowest BCUT2D eigenvalue weighted by Crippen LogP contribution is -2.37. The lowest BCUT2D eigenvalue weighted by atomic mass is 10.1. The first-order valence-corrected chi connectivity index (χ1v) is 7.67. The van der Waals surface area contributed by atoms with E-state index in [2.05, 4.69) is 35.2 Å². The van der Waals surface area contributed by atoms with Gasteiger partial charge in [0.2, 0.25) is 0 Å². The molecule has 0 spiro atoms. The number of hydrogen-bond donors (Lipinski definition) is 2. The highest BCUT2D eigenvalue weighted by Crippen LogP contribution is 2.35. The molecule has 1 aromatic carbocycles. The Hall–Kier alpha value is -2.17. The topological polar surface area (TPSA) is 54.9 Å². The monoisotopic (exact) mass is 303 g/mol. The van der Waals surface area contributed by atoms with Gasteiger partial charge in [-0.1, -0.05) is 6.08 Å². The van der Waals surface area contributed by atoms with Crippen LogP contribution < -0.4 is 20.1 Å². The molecule has 5 heteroatoms. The summed E-state index contributed by atoms with van der Waals surface area (Å²) >= 11 is 0. The Kier molecular flexibility index (Phi) is 5.69. The summed E-state index contributed by atoms with van der Waals surface area (Å²) in [5.74, 6) is 2.57. The maximum atomic E-state index is 5.82. The quantitative estimate of drug-likeness (QED) is 0.481. The van der Waals surface area contributed by atoms with Gasteiger partial charge in [0.05, 0.1) is 13.7 Å². The van der Waals surface area contributed by atoms with E-state index >= 15 is 0 Å². The van der Waals surface area contributed by atoms with Gasteiger partial charge >= 0.3 is 0 Å². The smallest absolute Gasteiger partial charge is 0.191 e. The van der Waals surface area contributed by atoms with Crippen molar-refractivity contribution in [3.63, 3.8) is 0 Å². The minimum atomic E-state index is 0.227. The minimum absolute atomic E-state index is 0.227. The zero-order valence-electron chi connectivity index (χ0n) is 13.6. The molecule has 0 saturated carbocycles. The molecule has 2 N–H and O–H groups in total. The van der Waals surface area contributed by atoms with Crippen LogP contribution in [-0.4, -0.2) is 32.3 Å². The minimum Gasteiger partial charge on any atom is -0.496 e. The number of aliphatic imine (C=N–C) groups is 1. The highest BCUT2D eigenvalue weighted by atomic mass is 16.5. The fraction of sp³-hybridized carbons (Fsp3) is 0.471. The molecule has 1 aliphatic rings. The van der Waals surface area contributed by atoms with Crippen LogP contribution in [-0.2, 0) is 13.0 Å². The average molecular weight is 303 g/mol. The number of rotatable bonds is 6. The second kappa shape index (κ2) is 7.73. The molecule has 0 saturated heterocycles.